The average molecular weight is 572 g/mol. The van der Waals surface area contributed by atoms with Gasteiger partial charge in [-0.05, 0) is 48.0 Å². The molecule has 3 heterocycles. The molecule has 2 N–H and O–H groups in total. The van der Waals surface area contributed by atoms with Gasteiger partial charge in [-0.1, -0.05) is 41.9 Å². The van der Waals surface area contributed by atoms with Crippen LogP contribution in [0.1, 0.15) is 5.56 Å². The molecule has 1 aliphatic rings. The fourth-order valence-electron chi connectivity index (χ4n) is 4.61. The van der Waals surface area contributed by atoms with Crippen molar-refractivity contribution in [3.63, 3.8) is 0 Å². The summed E-state index contributed by atoms with van der Waals surface area (Å²) in [5.41, 5.74) is 2.78. The van der Waals surface area contributed by atoms with E-state index < -0.39 is 12.1 Å². The molecule has 0 spiro atoms. The van der Waals surface area contributed by atoms with Crippen LogP contribution in [-0.4, -0.2) is 69.3 Å². The number of ether oxygens (including phenoxy) is 2. The Hall–Kier alpha value is -4.90. The van der Waals surface area contributed by atoms with E-state index in [1.54, 1.807) is 29.8 Å². The van der Waals surface area contributed by atoms with Crippen LogP contribution in [0.5, 0.6) is 5.75 Å². The van der Waals surface area contributed by atoms with E-state index in [9.17, 15) is 9.59 Å². The molecule has 1 saturated heterocycles. The molecule has 0 saturated carbocycles. The van der Waals surface area contributed by atoms with E-state index in [2.05, 4.69) is 10.6 Å². The van der Waals surface area contributed by atoms with Gasteiger partial charge in [-0.15, -0.1) is 5.10 Å². The number of hydrogen-bond acceptors (Lipinski definition) is 8. The summed E-state index contributed by atoms with van der Waals surface area (Å²) in [6.45, 7) is 0.808. The Labute approximate surface area is 240 Å². The van der Waals surface area contributed by atoms with E-state index in [0.717, 1.165) is 11.1 Å². The number of fused-ring (bicyclic) bond motifs is 3. The van der Waals surface area contributed by atoms with Crippen molar-refractivity contribution >= 4 is 46.1 Å². The van der Waals surface area contributed by atoms with Crippen molar-refractivity contribution in [1.29, 1.82) is 0 Å². The number of halogens is 1. The van der Waals surface area contributed by atoms with Crippen LogP contribution >= 0.6 is 11.6 Å². The zero-order valence-corrected chi connectivity index (χ0v) is 22.8. The van der Waals surface area contributed by atoms with E-state index >= 15 is 0 Å². The van der Waals surface area contributed by atoms with Crippen LogP contribution in [0.2, 0.25) is 5.02 Å². The van der Waals surface area contributed by atoms with Gasteiger partial charge in [0.1, 0.15) is 18.4 Å². The first-order chi connectivity index (χ1) is 20.0. The molecule has 0 unspecified atom stereocenters. The van der Waals surface area contributed by atoms with Gasteiger partial charge in [-0.3, -0.25) is 4.79 Å². The molecular weight excluding hydrogens is 546 g/mol. The van der Waals surface area contributed by atoms with Crippen molar-refractivity contribution in [2.75, 3.05) is 32.1 Å². The van der Waals surface area contributed by atoms with Crippen LogP contribution in [0.25, 0.3) is 27.9 Å². The normalized spacial score (nSPS) is 15.4. The summed E-state index contributed by atoms with van der Waals surface area (Å²) in [4.78, 5) is 37.0. The minimum atomic E-state index is -0.823. The van der Waals surface area contributed by atoms with Gasteiger partial charge in [0.15, 0.2) is 11.5 Å². The number of nitrogens with zero attached hydrogens (tertiary/aromatic N) is 5. The zero-order chi connectivity index (χ0) is 28.3. The fourth-order valence-corrected chi connectivity index (χ4v) is 4.78. The lowest BCUT2D eigenvalue weighted by Crippen LogP contribution is -2.44. The summed E-state index contributed by atoms with van der Waals surface area (Å²) in [5.74, 6) is 1.19. The molecule has 0 radical (unpaired) electrons. The molecule has 2 aromatic heterocycles. The van der Waals surface area contributed by atoms with E-state index in [0.29, 0.717) is 52.2 Å². The first-order valence-corrected chi connectivity index (χ1v) is 13.4. The minimum Gasteiger partial charge on any atom is -0.497 e. The zero-order valence-electron chi connectivity index (χ0n) is 22.1. The SMILES string of the molecule is COc1ccc(-c2nc3c4cc(Cl)ccc4nc(N[C@@H]4CN(C(=O)OCc5ccccc5)CCNC4=O)n3n2)cc1. The number of nitrogens with one attached hydrogen (secondary N) is 2. The van der Waals surface area contributed by atoms with Crippen molar-refractivity contribution in [1.82, 2.24) is 29.8 Å². The van der Waals surface area contributed by atoms with Gasteiger partial charge in [0.2, 0.25) is 11.9 Å². The van der Waals surface area contributed by atoms with Gasteiger partial charge in [0.05, 0.1) is 19.2 Å². The highest BCUT2D eigenvalue weighted by molar-refractivity contribution is 6.31. The Balaban J connectivity index is 1.32. The lowest BCUT2D eigenvalue weighted by molar-refractivity contribution is -0.121. The highest BCUT2D eigenvalue weighted by Crippen LogP contribution is 2.27. The van der Waals surface area contributed by atoms with Crippen LogP contribution in [0.15, 0.2) is 72.8 Å². The molecule has 1 fully saturated rings. The van der Waals surface area contributed by atoms with Crippen molar-refractivity contribution in [2.24, 2.45) is 0 Å². The van der Waals surface area contributed by atoms with Gasteiger partial charge in [0.25, 0.3) is 0 Å². The lowest BCUT2D eigenvalue weighted by atomic mass is 10.2. The molecule has 6 rings (SSSR count). The summed E-state index contributed by atoms with van der Waals surface area (Å²) in [6, 6.07) is 21.3. The highest BCUT2D eigenvalue weighted by Gasteiger charge is 2.30. The monoisotopic (exact) mass is 571 g/mol. The number of benzene rings is 3. The van der Waals surface area contributed by atoms with Crippen LogP contribution in [0.3, 0.4) is 0 Å². The largest absolute Gasteiger partial charge is 0.497 e. The molecule has 0 aliphatic carbocycles. The summed E-state index contributed by atoms with van der Waals surface area (Å²) in [6.07, 6.45) is -0.508. The van der Waals surface area contributed by atoms with Crippen molar-refractivity contribution in [3.8, 4) is 17.1 Å². The van der Waals surface area contributed by atoms with Gasteiger partial charge in [0, 0.05) is 29.1 Å². The predicted octanol–water partition coefficient (Wildman–Crippen LogP) is 4.16. The third kappa shape index (κ3) is 5.57. The third-order valence-corrected chi connectivity index (χ3v) is 6.98. The second-order valence-corrected chi connectivity index (χ2v) is 9.91. The Bertz CT molecular complexity index is 1730. The molecule has 12 heteroatoms. The maximum absolute atomic E-state index is 13.0. The van der Waals surface area contributed by atoms with Crippen molar-refractivity contribution in [3.05, 3.63) is 83.4 Å². The molecule has 3 aromatic carbocycles. The van der Waals surface area contributed by atoms with E-state index in [-0.39, 0.29) is 19.1 Å². The van der Waals surface area contributed by atoms with E-state index in [1.165, 1.54) is 4.90 Å². The molecule has 1 aliphatic heterocycles. The first kappa shape index (κ1) is 26.3. The van der Waals surface area contributed by atoms with Crippen LogP contribution < -0.4 is 15.4 Å². The van der Waals surface area contributed by atoms with Gasteiger partial charge in [-0.25, -0.2) is 14.8 Å². The van der Waals surface area contributed by atoms with Crippen LogP contribution in [0.4, 0.5) is 10.7 Å². The molecule has 41 heavy (non-hydrogen) atoms. The standard InChI is InChI=1S/C29H26ClN7O4/c1-40-21-10-7-19(8-11-21)25-34-26-22-15-20(30)9-12-23(22)32-28(37(26)35-25)33-24-16-36(14-13-31-27(24)38)29(39)41-17-18-5-3-2-4-6-18/h2-12,15,24H,13-14,16-17H2,1H3,(H,31,38)(H,32,33)/t24-/m1/s1. The Morgan fingerprint density at radius 2 is 1.90 bits per heavy atom. The number of amides is 2. The van der Waals surface area contributed by atoms with E-state index in [1.807, 2.05) is 54.6 Å². The van der Waals surface area contributed by atoms with Crippen molar-refractivity contribution in [2.45, 2.75) is 12.6 Å². The smallest absolute Gasteiger partial charge is 0.410 e. The maximum Gasteiger partial charge on any atom is 0.410 e. The molecule has 208 valence electrons. The van der Waals surface area contributed by atoms with Crippen LogP contribution in [0, 0.1) is 0 Å². The summed E-state index contributed by atoms with van der Waals surface area (Å²) in [5, 5.41) is 12.0. The number of methoxy groups -OCH3 is 1. The molecule has 11 nitrogen and oxygen atoms in total. The first-order valence-electron chi connectivity index (χ1n) is 13.0. The Morgan fingerprint density at radius 3 is 2.68 bits per heavy atom. The number of carbonyl (C=O) groups excluding carboxylic acids is 2. The lowest BCUT2D eigenvalue weighted by Gasteiger charge is -2.23. The number of carbonyl (C=O) groups is 2. The molecule has 2 amide bonds. The summed E-state index contributed by atoms with van der Waals surface area (Å²) >= 11 is 6.30. The fraction of sp³-hybridized carbons (Fsp3) is 0.207. The van der Waals surface area contributed by atoms with E-state index in [4.69, 9.17) is 36.1 Å². The van der Waals surface area contributed by atoms with Gasteiger partial charge < -0.3 is 25.0 Å². The molecular formula is C29H26ClN7O4. The van der Waals surface area contributed by atoms with Gasteiger partial charge in [-0.2, -0.15) is 4.52 Å². The summed E-state index contributed by atoms with van der Waals surface area (Å²) in [7, 11) is 1.60. The Morgan fingerprint density at radius 1 is 1.10 bits per heavy atom. The topological polar surface area (TPSA) is 123 Å². The minimum absolute atomic E-state index is 0.0708. The van der Waals surface area contributed by atoms with Crippen molar-refractivity contribution < 1.29 is 19.1 Å². The second-order valence-electron chi connectivity index (χ2n) is 9.47. The maximum atomic E-state index is 13.0. The highest BCUT2D eigenvalue weighted by atomic mass is 35.5. The van der Waals surface area contributed by atoms with Crippen LogP contribution in [-0.2, 0) is 16.1 Å². The predicted molar refractivity (Wildman–Crippen MR) is 154 cm³/mol. The molecule has 0 bridgehead atoms. The number of anilines is 1. The summed E-state index contributed by atoms with van der Waals surface area (Å²) < 4.78 is 12.3. The Kier molecular flexibility index (Phi) is 7.26. The van der Waals surface area contributed by atoms with Gasteiger partial charge >= 0.3 is 6.09 Å². The quantitative estimate of drug-likeness (QED) is 0.311. The second kappa shape index (κ2) is 11.3. The molecule has 1 atom stereocenters. The third-order valence-electron chi connectivity index (χ3n) is 6.75. The molecule has 5 aromatic rings. The number of rotatable bonds is 6. The number of hydrogen-bond donors (Lipinski definition) is 2. The number of aromatic nitrogens is 4. The average Bonchev–Trinajstić information content (AvgIpc) is 3.37.